The number of ether oxygens (including phenoxy) is 2. The molecule has 0 fully saturated rings. The van der Waals surface area contributed by atoms with Crippen molar-refractivity contribution in [2.75, 3.05) is 13.2 Å². The lowest BCUT2D eigenvalue weighted by molar-refractivity contribution is -0.385. The Kier molecular flexibility index (Phi) is 4.86. The fourth-order valence-electron chi connectivity index (χ4n) is 1.76. The van der Waals surface area contributed by atoms with Crippen LogP contribution in [0.3, 0.4) is 0 Å². The summed E-state index contributed by atoms with van der Waals surface area (Å²) in [5.41, 5.74) is 0.375. The second kappa shape index (κ2) is 6.65. The van der Waals surface area contributed by atoms with Crippen LogP contribution in [0.5, 0.6) is 5.88 Å². The van der Waals surface area contributed by atoms with Gasteiger partial charge < -0.3 is 9.47 Å². The van der Waals surface area contributed by atoms with Crippen LogP contribution in [-0.4, -0.2) is 34.1 Å². The molecule has 22 heavy (non-hydrogen) atoms. The second-order valence-corrected chi connectivity index (χ2v) is 4.93. The molecule has 0 radical (unpaired) electrons. The Hall–Kier alpha value is -2.29. The van der Waals surface area contributed by atoms with E-state index in [0.717, 1.165) is 0 Å². The van der Waals surface area contributed by atoms with Gasteiger partial charge in [-0.15, -0.1) is 0 Å². The Balaban J connectivity index is 2.66. The van der Waals surface area contributed by atoms with Crippen LogP contribution in [0.4, 0.5) is 5.69 Å². The normalized spacial score (nSPS) is 10.5. The minimum Gasteiger partial charge on any atom is -0.476 e. The number of nitro benzene ring substituents is 1. The summed E-state index contributed by atoms with van der Waals surface area (Å²) in [6.07, 6.45) is 0. The number of nitrogens with zero attached hydrogens (tertiary/aromatic N) is 3. The third-order valence-corrected chi connectivity index (χ3v) is 3.28. The van der Waals surface area contributed by atoms with E-state index in [1.54, 1.807) is 13.8 Å². The van der Waals surface area contributed by atoms with Crippen molar-refractivity contribution < 1.29 is 19.2 Å². The van der Waals surface area contributed by atoms with Crippen LogP contribution < -0.4 is 4.74 Å². The fourth-order valence-corrected chi connectivity index (χ4v) is 2.24. The van der Waals surface area contributed by atoms with Gasteiger partial charge in [0.25, 0.3) is 5.69 Å². The predicted molar refractivity (Wildman–Crippen MR) is 81.0 cm³/mol. The fraction of sp³-hybridized carbons (Fsp3) is 0.308. The number of fused-ring (bicyclic) bond motifs is 1. The molecule has 0 bridgehead atoms. The summed E-state index contributed by atoms with van der Waals surface area (Å²) in [6, 6.07) is 2.70. The monoisotopic (exact) mass is 369 g/mol. The SMILES string of the molecule is CCOC(=O)c1nc2cc(Br)c([N+](=O)[O-])cc2nc1OCC. The lowest BCUT2D eigenvalue weighted by Gasteiger charge is -2.09. The van der Waals surface area contributed by atoms with Crippen molar-refractivity contribution in [1.29, 1.82) is 0 Å². The summed E-state index contributed by atoms with van der Waals surface area (Å²) in [5.74, 6) is -0.667. The Morgan fingerprint density at radius 1 is 1.27 bits per heavy atom. The molecule has 0 aliphatic rings. The number of halogens is 1. The molecule has 0 unspecified atom stereocenters. The van der Waals surface area contributed by atoms with Crippen molar-refractivity contribution in [3.8, 4) is 5.88 Å². The predicted octanol–water partition coefficient (Wildman–Crippen LogP) is 2.88. The first-order valence-corrected chi connectivity index (χ1v) is 7.22. The van der Waals surface area contributed by atoms with Crippen LogP contribution >= 0.6 is 15.9 Å². The van der Waals surface area contributed by atoms with Gasteiger partial charge in [-0.25, -0.2) is 14.8 Å². The van der Waals surface area contributed by atoms with Crippen molar-refractivity contribution >= 4 is 38.6 Å². The third-order valence-electron chi connectivity index (χ3n) is 2.65. The molecule has 1 aromatic carbocycles. The maximum atomic E-state index is 11.9. The Labute approximate surface area is 133 Å². The number of hydrogen-bond acceptors (Lipinski definition) is 7. The number of hydrogen-bond donors (Lipinski definition) is 0. The number of benzene rings is 1. The molecule has 9 heteroatoms. The van der Waals surface area contributed by atoms with Crippen LogP contribution in [0.25, 0.3) is 11.0 Å². The number of carbonyl (C=O) groups is 1. The zero-order valence-electron chi connectivity index (χ0n) is 11.8. The number of carbonyl (C=O) groups excluding carboxylic acids is 1. The first-order chi connectivity index (χ1) is 10.5. The van der Waals surface area contributed by atoms with E-state index in [-0.39, 0.29) is 40.5 Å². The van der Waals surface area contributed by atoms with Crippen LogP contribution in [0.2, 0.25) is 0 Å². The van der Waals surface area contributed by atoms with Crippen molar-refractivity contribution in [2.24, 2.45) is 0 Å². The first-order valence-electron chi connectivity index (χ1n) is 6.43. The van der Waals surface area contributed by atoms with Crippen LogP contribution in [-0.2, 0) is 4.74 Å². The van der Waals surface area contributed by atoms with E-state index in [9.17, 15) is 14.9 Å². The topological polar surface area (TPSA) is 104 Å². The van der Waals surface area contributed by atoms with Gasteiger partial charge in [0.15, 0.2) is 0 Å². The van der Waals surface area contributed by atoms with Crippen molar-refractivity contribution in [2.45, 2.75) is 13.8 Å². The van der Waals surface area contributed by atoms with Gasteiger partial charge in [-0.3, -0.25) is 10.1 Å². The molecule has 0 atom stereocenters. The summed E-state index contributed by atoms with van der Waals surface area (Å²) in [6.45, 7) is 3.86. The Morgan fingerprint density at radius 3 is 2.55 bits per heavy atom. The molecule has 1 aromatic heterocycles. The van der Waals surface area contributed by atoms with Gasteiger partial charge in [-0.2, -0.15) is 0 Å². The summed E-state index contributed by atoms with van der Waals surface area (Å²) >= 11 is 3.10. The molecule has 1 heterocycles. The summed E-state index contributed by atoms with van der Waals surface area (Å²) in [7, 11) is 0. The maximum Gasteiger partial charge on any atom is 0.362 e. The van der Waals surface area contributed by atoms with E-state index in [2.05, 4.69) is 25.9 Å². The minimum absolute atomic E-state index is 0.00919. The average Bonchev–Trinajstić information content (AvgIpc) is 2.46. The molecule has 116 valence electrons. The molecule has 8 nitrogen and oxygen atoms in total. The molecular weight excluding hydrogens is 358 g/mol. The maximum absolute atomic E-state index is 11.9. The number of aromatic nitrogens is 2. The molecule has 0 saturated carbocycles. The molecule has 2 aromatic rings. The molecule has 0 aliphatic heterocycles. The summed E-state index contributed by atoms with van der Waals surface area (Å²) in [5, 5.41) is 11.0. The van der Waals surface area contributed by atoms with Crippen LogP contribution in [0, 0.1) is 10.1 Å². The van der Waals surface area contributed by atoms with Gasteiger partial charge in [0.2, 0.25) is 11.6 Å². The highest BCUT2D eigenvalue weighted by molar-refractivity contribution is 9.10. The van der Waals surface area contributed by atoms with E-state index < -0.39 is 10.9 Å². The summed E-state index contributed by atoms with van der Waals surface area (Å²) < 4.78 is 10.5. The van der Waals surface area contributed by atoms with Gasteiger partial charge in [0.05, 0.1) is 33.6 Å². The van der Waals surface area contributed by atoms with E-state index in [1.165, 1.54) is 12.1 Å². The Bertz CT molecular complexity index is 750. The largest absolute Gasteiger partial charge is 0.476 e. The number of rotatable bonds is 5. The van der Waals surface area contributed by atoms with E-state index in [4.69, 9.17) is 9.47 Å². The first kappa shape index (κ1) is 16.1. The average molecular weight is 370 g/mol. The van der Waals surface area contributed by atoms with Gasteiger partial charge in [-0.05, 0) is 35.8 Å². The van der Waals surface area contributed by atoms with Crippen LogP contribution in [0.1, 0.15) is 24.3 Å². The van der Waals surface area contributed by atoms with Crippen molar-refractivity contribution in [1.82, 2.24) is 9.97 Å². The van der Waals surface area contributed by atoms with Gasteiger partial charge in [0.1, 0.15) is 0 Å². The van der Waals surface area contributed by atoms with Gasteiger partial charge >= 0.3 is 5.97 Å². The highest BCUT2D eigenvalue weighted by Gasteiger charge is 2.21. The molecule has 0 aliphatic carbocycles. The van der Waals surface area contributed by atoms with E-state index in [0.29, 0.717) is 5.52 Å². The smallest absolute Gasteiger partial charge is 0.362 e. The van der Waals surface area contributed by atoms with Gasteiger partial charge in [-0.1, -0.05) is 0 Å². The quantitative estimate of drug-likeness (QED) is 0.453. The highest BCUT2D eigenvalue weighted by Crippen LogP contribution is 2.30. The lowest BCUT2D eigenvalue weighted by atomic mass is 10.2. The second-order valence-electron chi connectivity index (χ2n) is 4.08. The molecule has 0 N–H and O–H groups in total. The molecule has 2 rings (SSSR count). The highest BCUT2D eigenvalue weighted by atomic mass is 79.9. The molecule has 0 amide bonds. The Morgan fingerprint density at radius 2 is 1.95 bits per heavy atom. The van der Waals surface area contributed by atoms with Gasteiger partial charge in [0, 0.05) is 6.07 Å². The summed E-state index contributed by atoms with van der Waals surface area (Å²) in [4.78, 5) is 30.6. The third kappa shape index (κ3) is 3.14. The van der Waals surface area contributed by atoms with Crippen molar-refractivity contribution in [3.63, 3.8) is 0 Å². The van der Waals surface area contributed by atoms with Crippen LogP contribution in [0.15, 0.2) is 16.6 Å². The zero-order valence-corrected chi connectivity index (χ0v) is 13.4. The standard InChI is InChI=1S/C13H12BrN3O5/c1-3-21-12-11(13(18)22-4-2)15-8-5-7(14)10(17(19)20)6-9(8)16-12/h5-6H,3-4H2,1-2H3. The molecule has 0 spiro atoms. The number of esters is 1. The minimum atomic E-state index is -0.658. The molecule has 0 saturated heterocycles. The lowest BCUT2D eigenvalue weighted by Crippen LogP contribution is -2.12. The molecular formula is C13H12BrN3O5. The van der Waals surface area contributed by atoms with E-state index in [1.807, 2.05) is 0 Å². The zero-order chi connectivity index (χ0) is 16.3. The van der Waals surface area contributed by atoms with E-state index >= 15 is 0 Å². The number of nitro groups is 1. The van der Waals surface area contributed by atoms with Crippen molar-refractivity contribution in [3.05, 3.63) is 32.4 Å².